The van der Waals surface area contributed by atoms with Crippen LogP contribution < -0.4 is 0 Å². The van der Waals surface area contributed by atoms with Gasteiger partial charge in [0.15, 0.2) is 5.76 Å². The molecule has 2 aromatic rings. The lowest BCUT2D eigenvalue weighted by molar-refractivity contribution is -0.137. The first-order valence-corrected chi connectivity index (χ1v) is 8.78. The normalized spacial score (nSPS) is 12.2. The number of carbonyl (C=O) groups is 1. The molecule has 6 nitrogen and oxygen atoms in total. The molecule has 130 valence electrons. The largest absolute Gasteiger partial charge is 0.481 e. The third-order valence-electron chi connectivity index (χ3n) is 3.62. The van der Waals surface area contributed by atoms with E-state index in [-0.39, 0.29) is 18.9 Å². The molecule has 1 aromatic heterocycles. The third-order valence-corrected chi connectivity index (χ3v) is 4.77. The maximum absolute atomic E-state index is 11.1. The molecule has 0 saturated carbocycles. The molecule has 0 aliphatic rings. The van der Waals surface area contributed by atoms with E-state index >= 15 is 0 Å². The molecule has 1 unspecified atom stereocenters. The summed E-state index contributed by atoms with van der Waals surface area (Å²) >= 11 is 2.03. The van der Waals surface area contributed by atoms with E-state index in [1.807, 2.05) is 52.9 Å². The number of carboxylic acids is 1. The van der Waals surface area contributed by atoms with E-state index in [9.17, 15) is 9.90 Å². The number of aromatic nitrogens is 1. The molecule has 2 N–H and O–H groups in total. The first kappa shape index (κ1) is 18.9. The van der Waals surface area contributed by atoms with E-state index in [1.165, 1.54) is 0 Å². The van der Waals surface area contributed by atoms with Gasteiger partial charge in [0.2, 0.25) is 0 Å². The van der Waals surface area contributed by atoms with Crippen molar-refractivity contribution in [2.75, 3.05) is 6.61 Å². The number of hydrogen-bond donors (Lipinski definition) is 2. The van der Waals surface area contributed by atoms with Crippen molar-refractivity contribution in [3.8, 4) is 0 Å². The monoisotopic (exact) mass is 445 g/mol. The highest BCUT2D eigenvalue weighted by Crippen LogP contribution is 2.31. The molecule has 0 saturated heterocycles. The Morgan fingerprint density at radius 1 is 1.33 bits per heavy atom. The summed E-state index contributed by atoms with van der Waals surface area (Å²) in [6, 6.07) is 9.89. The summed E-state index contributed by atoms with van der Waals surface area (Å²) in [7, 11) is 0. The number of ether oxygens (including phenoxy) is 1. The average Bonchev–Trinajstić information content (AvgIpc) is 2.95. The standard InChI is InChI=1S/C17H20INO5/c18-16-14(10-20)19-24-17(16)13(9-15(21)22)7-4-8-23-11-12-5-2-1-3-6-12/h1-3,5-6,13,20H,4,7-11H2,(H,21,22). The minimum Gasteiger partial charge on any atom is -0.481 e. The van der Waals surface area contributed by atoms with Crippen molar-refractivity contribution in [3.05, 3.63) is 50.9 Å². The molecule has 1 aromatic carbocycles. The van der Waals surface area contributed by atoms with Crippen LogP contribution in [0.4, 0.5) is 0 Å². The Hall–Kier alpha value is -1.45. The van der Waals surface area contributed by atoms with Gasteiger partial charge in [-0.1, -0.05) is 35.5 Å². The second kappa shape index (κ2) is 9.75. The van der Waals surface area contributed by atoms with Gasteiger partial charge in [0, 0.05) is 12.5 Å². The number of halogens is 1. The summed E-state index contributed by atoms with van der Waals surface area (Å²) < 4.78 is 11.6. The predicted octanol–water partition coefficient (Wildman–Crippen LogP) is 3.33. The van der Waals surface area contributed by atoms with Crippen LogP contribution in [0.15, 0.2) is 34.9 Å². The minimum atomic E-state index is -0.886. The lowest BCUT2D eigenvalue weighted by Crippen LogP contribution is -2.08. The number of hydrogen-bond acceptors (Lipinski definition) is 5. The Balaban J connectivity index is 1.85. The Morgan fingerprint density at radius 2 is 2.08 bits per heavy atom. The lowest BCUT2D eigenvalue weighted by atomic mass is 9.96. The molecular weight excluding hydrogens is 425 g/mol. The first-order valence-electron chi connectivity index (χ1n) is 7.70. The Morgan fingerprint density at radius 3 is 2.71 bits per heavy atom. The first-order chi connectivity index (χ1) is 11.6. The summed E-state index contributed by atoms with van der Waals surface area (Å²) in [6.45, 7) is 0.864. The molecule has 7 heteroatoms. The molecule has 1 heterocycles. The summed E-state index contributed by atoms with van der Waals surface area (Å²) in [5, 5.41) is 22.1. The summed E-state index contributed by atoms with van der Waals surface area (Å²) in [4.78, 5) is 11.1. The topological polar surface area (TPSA) is 92.8 Å². The third kappa shape index (κ3) is 5.57. The van der Waals surface area contributed by atoms with Crippen LogP contribution in [0, 0.1) is 3.57 Å². The van der Waals surface area contributed by atoms with Crippen molar-refractivity contribution < 1.29 is 24.3 Å². The molecule has 0 aliphatic carbocycles. The van der Waals surface area contributed by atoms with Gasteiger partial charge in [0.1, 0.15) is 5.69 Å². The van der Waals surface area contributed by atoms with Crippen LogP contribution in [-0.4, -0.2) is 27.9 Å². The van der Waals surface area contributed by atoms with E-state index < -0.39 is 5.97 Å². The van der Waals surface area contributed by atoms with E-state index in [0.29, 0.717) is 34.7 Å². The van der Waals surface area contributed by atoms with Crippen LogP contribution in [0.1, 0.15) is 42.2 Å². The predicted molar refractivity (Wildman–Crippen MR) is 95.5 cm³/mol. The Kier molecular flexibility index (Phi) is 7.67. The van der Waals surface area contributed by atoms with Crippen molar-refractivity contribution in [1.29, 1.82) is 0 Å². The fourth-order valence-electron chi connectivity index (χ4n) is 2.41. The molecule has 0 amide bonds. The molecule has 0 aliphatic heterocycles. The van der Waals surface area contributed by atoms with Gasteiger partial charge in [-0.15, -0.1) is 0 Å². The maximum Gasteiger partial charge on any atom is 0.304 e. The van der Waals surface area contributed by atoms with Gasteiger partial charge in [-0.25, -0.2) is 0 Å². The fourth-order valence-corrected chi connectivity index (χ4v) is 3.22. The molecule has 0 bridgehead atoms. The van der Waals surface area contributed by atoms with Crippen molar-refractivity contribution in [2.24, 2.45) is 0 Å². The molecule has 0 radical (unpaired) electrons. The van der Waals surface area contributed by atoms with Crippen LogP contribution in [0.2, 0.25) is 0 Å². The second-order valence-electron chi connectivity index (χ2n) is 5.44. The zero-order valence-electron chi connectivity index (χ0n) is 13.2. The Bertz CT molecular complexity index is 644. The number of aliphatic hydroxyl groups is 1. The fraction of sp³-hybridized carbons (Fsp3) is 0.412. The quantitative estimate of drug-likeness (QED) is 0.431. The van der Waals surface area contributed by atoms with Crippen LogP contribution in [0.5, 0.6) is 0 Å². The zero-order valence-corrected chi connectivity index (χ0v) is 15.3. The molecule has 24 heavy (non-hydrogen) atoms. The molecular formula is C17H20INO5. The van der Waals surface area contributed by atoms with Crippen LogP contribution in [-0.2, 0) is 22.7 Å². The van der Waals surface area contributed by atoms with Crippen molar-refractivity contribution in [3.63, 3.8) is 0 Å². The smallest absolute Gasteiger partial charge is 0.304 e. The highest BCUT2D eigenvalue weighted by atomic mass is 127. The lowest BCUT2D eigenvalue weighted by Gasteiger charge is -2.12. The van der Waals surface area contributed by atoms with E-state index in [2.05, 4.69) is 5.16 Å². The molecule has 2 rings (SSSR count). The average molecular weight is 445 g/mol. The molecule has 0 fully saturated rings. The van der Waals surface area contributed by atoms with Gasteiger partial charge in [0.05, 0.1) is 23.2 Å². The van der Waals surface area contributed by atoms with Crippen LogP contribution in [0.3, 0.4) is 0 Å². The van der Waals surface area contributed by atoms with Gasteiger partial charge < -0.3 is 19.5 Å². The SMILES string of the molecule is O=C(O)CC(CCCOCc1ccccc1)c1onc(CO)c1I. The summed E-state index contributed by atoms with van der Waals surface area (Å²) in [6.07, 6.45) is 1.31. The van der Waals surface area contributed by atoms with Gasteiger partial charge >= 0.3 is 5.97 Å². The van der Waals surface area contributed by atoms with Crippen LogP contribution in [0.25, 0.3) is 0 Å². The number of nitrogens with zero attached hydrogens (tertiary/aromatic N) is 1. The number of carboxylic acid groups (broad SMARTS) is 1. The number of benzene rings is 1. The number of rotatable bonds is 10. The van der Waals surface area contributed by atoms with E-state index in [1.54, 1.807) is 0 Å². The van der Waals surface area contributed by atoms with Gasteiger partial charge in [-0.3, -0.25) is 4.79 Å². The van der Waals surface area contributed by atoms with Crippen molar-refractivity contribution >= 4 is 28.6 Å². The van der Waals surface area contributed by atoms with Gasteiger partial charge in [0.25, 0.3) is 0 Å². The minimum absolute atomic E-state index is 0.0330. The van der Waals surface area contributed by atoms with E-state index in [4.69, 9.17) is 14.4 Å². The number of aliphatic hydroxyl groups excluding tert-OH is 1. The van der Waals surface area contributed by atoms with Crippen molar-refractivity contribution in [1.82, 2.24) is 5.16 Å². The summed E-state index contributed by atoms with van der Waals surface area (Å²) in [5.74, 6) is -0.629. The summed E-state index contributed by atoms with van der Waals surface area (Å²) in [5.41, 5.74) is 1.55. The Labute approximate surface area is 153 Å². The van der Waals surface area contributed by atoms with Gasteiger partial charge in [-0.2, -0.15) is 0 Å². The highest BCUT2D eigenvalue weighted by Gasteiger charge is 2.24. The maximum atomic E-state index is 11.1. The number of aliphatic carboxylic acids is 1. The highest BCUT2D eigenvalue weighted by molar-refractivity contribution is 14.1. The zero-order chi connectivity index (χ0) is 17.4. The van der Waals surface area contributed by atoms with Crippen molar-refractivity contribution in [2.45, 2.75) is 38.4 Å². The molecule has 0 spiro atoms. The second-order valence-corrected chi connectivity index (χ2v) is 6.52. The molecule has 1 atom stereocenters. The van der Waals surface area contributed by atoms with Crippen LogP contribution >= 0.6 is 22.6 Å². The van der Waals surface area contributed by atoms with E-state index in [0.717, 1.165) is 12.0 Å². The van der Waals surface area contributed by atoms with Gasteiger partial charge in [-0.05, 0) is 41.0 Å².